The van der Waals surface area contributed by atoms with Crippen molar-refractivity contribution in [2.45, 2.75) is 97.4 Å². The number of benzene rings is 1. The van der Waals surface area contributed by atoms with Crippen LogP contribution in [0.4, 0.5) is 5.69 Å². The van der Waals surface area contributed by atoms with Gasteiger partial charge in [0.2, 0.25) is 5.75 Å². The Labute approximate surface area is 283 Å². The molecule has 12 nitrogen and oxygen atoms in total. The normalized spacial score (nSPS) is 17.2. The van der Waals surface area contributed by atoms with E-state index in [0.717, 1.165) is 5.57 Å². The third-order valence-electron chi connectivity index (χ3n) is 9.48. The summed E-state index contributed by atoms with van der Waals surface area (Å²) < 4.78 is 35.7. The Bertz CT molecular complexity index is 1200. The van der Waals surface area contributed by atoms with E-state index in [1.165, 1.54) is 32.5 Å². The largest absolute Gasteiger partial charge is 0.496 e. The Hall–Kier alpha value is -2.55. The first-order chi connectivity index (χ1) is 21.8. The number of hydroxylamine groups is 2. The Kier molecular flexibility index (Phi) is 16.5. The molecule has 1 rings (SSSR count). The topological polar surface area (TPSA) is 128 Å². The van der Waals surface area contributed by atoms with Crippen LogP contribution in [-0.4, -0.2) is 92.2 Å². The standard InChI is InChI=1S/C34H60N2O10Si/c1-21(29(24(4)33(37)35(8)45-14)46-47(15,16)34(5,6)7)17-22(2)31(43-12)28(41-10)18-23(3)30(42-11)26-19-25(40-9)20-27(36(38)39)32(26)44-13/h17,19-20,22-24,28-31H,18H2,1-16H3/b21-17+/t22-,23-,24+,28-,29-,30+,31+/m0/s1. The second kappa shape index (κ2) is 18.3. The second-order valence-corrected chi connectivity index (χ2v) is 18.5. The molecule has 0 heterocycles. The van der Waals surface area contributed by atoms with E-state index in [4.69, 9.17) is 32.9 Å². The number of nitro groups is 1. The minimum absolute atomic E-state index is 0.0663. The third kappa shape index (κ3) is 10.7. The zero-order valence-corrected chi connectivity index (χ0v) is 32.5. The van der Waals surface area contributed by atoms with Crippen LogP contribution >= 0.6 is 0 Å². The number of ether oxygens (including phenoxy) is 5. The molecule has 1 aromatic carbocycles. The van der Waals surface area contributed by atoms with Crippen molar-refractivity contribution in [3.05, 3.63) is 39.5 Å². The van der Waals surface area contributed by atoms with Crippen molar-refractivity contribution in [3.8, 4) is 11.5 Å². The molecule has 0 radical (unpaired) electrons. The molecule has 1 aromatic rings. The zero-order valence-electron chi connectivity index (χ0n) is 31.5. The first kappa shape index (κ1) is 42.5. The van der Waals surface area contributed by atoms with Gasteiger partial charge in [-0.15, -0.1) is 0 Å². The van der Waals surface area contributed by atoms with E-state index in [1.807, 2.05) is 27.7 Å². The molecular weight excluding hydrogens is 624 g/mol. The molecule has 0 spiro atoms. The van der Waals surface area contributed by atoms with Gasteiger partial charge in [-0.3, -0.25) is 19.7 Å². The lowest BCUT2D eigenvalue weighted by Gasteiger charge is -2.41. The number of carbonyl (C=O) groups excluding carboxylic acids is 1. The van der Waals surface area contributed by atoms with Gasteiger partial charge in [0.1, 0.15) is 5.75 Å². The number of nitrogens with zero attached hydrogens (tertiary/aromatic N) is 2. The number of methoxy groups -OCH3 is 5. The number of rotatable bonds is 19. The summed E-state index contributed by atoms with van der Waals surface area (Å²) in [5, 5.41) is 13.0. The van der Waals surface area contributed by atoms with E-state index in [9.17, 15) is 14.9 Å². The van der Waals surface area contributed by atoms with Gasteiger partial charge in [0.25, 0.3) is 5.91 Å². The highest BCUT2D eigenvalue weighted by Crippen LogP contribution is 2.44. The van der Waals surface area contributed by atoms with Crippen molar-refractivity contribution in [2.24, 2.45) is 17.8 Å². The fourth-order valence-electron chi connectivity index (χ4n) is 5.72. The zero-order chi connectivity index (χ0) is 36.4. The monoisotopic (exact) mass is 684 g/mol. The Morgan fingerprint density at radius 3 is 2.02 bits per heavy atom. The van der Waals surface area contributed by atoms with Crippen molar-refractivity contribution in [1.82, 2.24) is 5.06 Å². The lowest BCUT2D eigenvalue weighted by atomic mass is 9.86. The van der Waals surface area contributed by atoms with Crippen LogP contribution in [0.3, 0.4) is 0 Å². The molecule has 0 aliphatic rings. The summed E-state index contributed by atoms with van der Waals surface area (Å²) >= 11 is 0. The molecule has 13 heteroatoms. The van der Waals surface area contributed by atoms with Gasteiger partial charge in [0.15, 0.2) is 8.32 Å². The molecule has 47 heavy (non-hydrogen) atoms. The summed E-state index contributed by atoms with van der Waals surface area (Å²) in [5.41, 5.74) is 1.22. The van der Waals surface area contributed by atoms with Gasteiger partial charge in [-0.05, 0) is 49.0 Å². The molecule has 0 bridgehead atoms. The molecule has 270 valence electrons. The first-order valence-corrected chi connectivity index (χ1v) is 18.8. The van der Waals surface area contributed by atoms with Crippen LogP contribution in [-0.2, 0) is 28.3 Å². The highest BCUT2D eigenvalue weighted by molar-refractivity contribution is 6.74. The average molecular weight is 685 g/mol. The van der Waals surface area contributed by atoms with Gasteiger partial charge < -0.3 is 28.1 Å². The average Bonchev–Trinajstić information content (AvgIpc) is 3.01. The molecule has 0 unspecified atom stereocenters. The van der Waals surface area contributed by atoms with Crippen molar-refractivity contribution < 1.29 is 42.7 Å². The summed E-state index contributed by atoms with van der Waals surface area (Å²) in [4.78, 5) is 29.8. The van der Waals surface area contributed by atoms with Crippen molar-refractivity contribution in [1.29, 1.82) is 0 Å². The fourth-order valence-corrected chi connectivity index (χ4v) is 7.09. The van der Waals surface area contributed by atoms with Gasteiger partial charge in [0, 0.05) is 39.9 Å². The number of nitro benzene ring substituents is 1. The van der Waals surface area contributed by atoms with Crippen LogP contribution in [0.15, 0.2) is 23.8 Å². The molecule has 1 amide bonds. The van der Waals surface area contributed by atoms with Gasteiger partial charge in [0.05, 0.1) is 62.7 Å². The number of amides is 1. The molecule has 0 saturated carbocycles. The van der Waals surface area contributed by atoms with E-state index in [2.05, 4.69) is 39.9 Å². The maximum atomic E-state index is 13.3. The second-order valence-electron chi connectivity index (χ2n) is 13.7. The predicted molar refractivity (Wildman–Crippen MR) is 185 cm³/mol. The molecule has 0 aliphatic carbocycles. The Morgan fingerprint density at radius 2 is 1.60 bits per heavy atom. The maximum absolute atomic E-state index is 13.3. The van der Waals surface area contributed by atoms with Crippen LogP contribution in [0.2, 0.25) is 18.1 Å². The molecule has 0 aliphatic heterocycles. The van der Waals surface area contributed by atoms with Gasteiger partial charge in [-0.2, -0.15) is 0 Å². The van der Waals surface area contributed by atoms with Crippen molar-refractivity contribution in [3.63, 3.8) is 0 Å². The van der Waals surface area contributed by atoms with E-state index in [1.54, 1.807) is 34.4 Å². The summed E-state index contributed by atoms with van der Waals surface area (Å²) in [6.07, 6.45) is 0.788. The minimum Gasteiger partial charge on any atom is -0.496 e. The SMILES string of the molecule is COc1cc([C@H](OC)[C@@H](C)C[C@H](OC)[C@H](OC)[C@@H](C)/C=C(\C)[C@H](O[Si](C)(C)C(C)(C)C)[C@@H](C)C(=O)N(C)OC)c(OC)c([N+](=O)[O-])c1. The van der Waals surface area contributed by atoms with Crippen molar-refractivity contribution in [2.75, 3.05) is 49.7 Å². The molecule has 0 aromatic heterocycles. The van der Waals surface area contributed by atoms with E-state index in [0.29, 0.717) is 17.7 Å². The number of hydrogen-bond donors (Lipinski definition) is 0. The highest BCUT2D eigenvalue weighted by atomic mass is 28.4. The van der Waals surface area contributed by atoms with Crippen molar-refractivity contribution >= 4 is 19.9 Å². The molecule has 7 atom stereocenters. The van der Waals surface area contributed by atoms with Crippen LogP contribution in [0, 0.1) is 27.9 Å². The van der Waals surface area contributed by atoms with Gasteiger partial charge >= 0.3 is 5.69 Å². The van der Waals surface area contributed by atoms with E-state index < -0.39 is 31.4 Å². The minimum atomic E-state index is -2.28. The summed E-state index contributed by atoms with van der Waals surface area (Å²) in [5.74, 6) is -0.554. The van der Waals surface area contributed by atoms with Crippen LogP contribution < -0.4 is 9.47 Å². The molecule has 0 N–H and O–H groups in total. The maximum Gasteiger partial charge on any atom is 0.315 e. The smallest absolute Gasteiger partial charge is 0.315 e. The highest BCUT2D eigenvalue weighted by Gasteiger charge is 2.42. The Morgan fingerprint density at radius 1 is 1.00 bits per heavy atom. The fraction of sp³-hybridized carbons (Fsp3) is 0.735. The molecular formula is C34H60N2O10Si. The lowest BCUT2D eigenvalue weighted by molar-refractivity contribution is -0.385. The van der Waals surface area contributed by atoms with Gasteiger partial charge in [-0.1, -0.05) is 47.6 Å². The summed E-state index contributed by atoms with van der Waals surface area (Å²) in [7, 11) is 8.48. The molecule has 0 saturated heterocycles. The number of carbonyl (C=O) groups is 1. The van der Waals surface area contributed by atoms with Crippen LogP contribution in [0.5, 0.6) is 11.5 Å². The third-order valence-corrected chi connectivity index (χ3v) is 13.9. The van der Waals surface area contributed by atoms with Crippen LogP contribution in [0.1, 0.15) is 66.6 Å². The predicted octanol–water partition coefficient (Wildman–Crippen LogP) is 6.98. The Balaban J connectivity index is 3.50. The first-order valence-electron chi connectivity index (χ1n) is 15.9. The van der Waals surface area contributed by atoms with Crippen LogP contribution in [0.25, 0.3) is 0 Å². The van der Waals surface area contributed by atoms with E-state index >= 15 is 0 Å². The van der Waals surface area contributed by atoms with Gasteiger partial charge in [-0.25, -0.2) is 5.06 Å². The lowest BCUT2D eigenvalue weighted by Crippen LogP contribution is -2.48. The summed E-state index contributed by atoms with van der Waals surface area (Å²) in [6, 6.07) is 3.03. The molecule has 0 fully saturated rings. The van der Waals surface area contributed by atoms with E-state index in [-0.39, 0.29) is 46.4 Å². The quantitative estimate of drug-likeness (QED) is 0.0651. The summed E-state index contributed by atoms with van der Waals surface area (Å²) in [6.45, 7) is 18.8. The number of hydrogen-bond acceptors (Lipinski definition) is 10.